The first-order chi connectivity index (χ1) is 24.7. The molecule has 0 bridgehead atoms. The summed E-state index contributed by atoms with van der Waals surface area (Å²) in [5.74, 6) is 0.959. The lowest BCUT2D eigenvalue weighted by atomic mass is 9.86. The van der Waals surface area contributed by atoms with E-state index in [1.807, 2.05) is 11.3 Å². The number of allylic oxidation sites excluding steroid dienone is 1. The van der Waals surface area contributed by atoms with Crippen molar-refractivity contribution in [1.29, 1.82) is 0 Å². The van der Waals surface area contributed by atoms with Crippen LogP contribution in [0.1, 0.15) is 18.2 Å². The molecule has 0 amide bonds. The number of thiophene rings is 1. The lowest BCUT2D eigenvalue weighted by Gasteiger charge is -2.18. The van der Waals surface area contributed by atoms with Gasteiger partial charge in [-0.2, -0.15) is 0 Å². The monoisotopic (exact) mass is 656 g/mol. The molecule has 8 aromatic carbocycles. The van der Waals surface area contributed by atoms with E-state index < -0.39 is 0 Å². The topological polar surface area (TPSA) is 13.1 Å². The lowest BCUT2D eigenvalue weighted by Crippen LogP contribution is -1.90. The minimum atomic E-state index is 0.946. The molecule has 236 valence electrons. The molecule has 0 radical (unpaired) electrons. The molecular formula is C48H32OS. The summed E-state index contributed by atoms with van der Waals surface area (Å²) >= 11 is 1.87. The number of aryl methyl sites for hydroxylation is 1. The third-order valence-electron chi connectivity index (χ3n) is 10.3. The molecule has 1 nitrogen and oxygen atoms in total. The molecule has 0 saturated carbocycles. The SMILES string of the molecule is C/C=C\c1c(C)oc2cc3c(ccc4sc5cc(-c6ccc(-c7c8ccccc8c(-c8ccccc8)c8ccccc78)cc6)ccc5c43)cc12. The van der Waals surface area contributed by atoms with E-state index in [1.54, 1.807) is 0 Å². The van der Waals surface area contributed by atoms with Gasteiger partial charge in [0.15, 0.2) is 0 Å². The van der Waals surface area contributed by atoms with Gasteiger partial charge < -0.3 is 4.42 Å². The first-order valence-corrected chi connectivity index (χ1v) is 18.0. The maximum atomic E-state index is 6.24. The van der Waals surface area contributed by atoms with Gasteiger partial charge in [-0.05, 0) is 104 Å². The Hall–Kier alpha value is -5.96. The molecule has 10 rings (SSSR count). The number of hydrogen-bond donors (Lipinski definition) is 0. The van der Waals surface area contributed by atoms with Gasteiger partial charge in [0, 0.05) is 31.1 Å². The minimum absolute atomic E-state index is 0.946. The maximum absolute atomic E-state index is 6.24. The molecule has 0 saturated heterocycles. The zero-order chi connectivity index (χ0) is 33.3. The first-order valence-electron chi connectivity index (χ1n) is 17.2. The van der Waals surface area contributed by atoms with E-state index in [0.29, 0.717) is 0 Å². The quantitative estimate of drug-likeness (QED) is 0.172. The molecule has 0 aliphatic carbocycles. The third-order valence-corrected chi connectivity index (χ3v) is 11.4. The summed E-state index contributed by atoms with van der Waals surface area (Å²) in [5, 5.41) is 11.4. The summed E-state index contributed by atoms with van der Waals surface area (Å²) in [7, 11) is 0. The van der Waals surface area contributed by atoms with Gasteiger partial charge in [-0.3, -0.25) is 0 Å². The van der Waals surface area contributed by atoms with Gasteiger partial charge in [0.1, 0.15) is 11.3 Å². The van der Waals surface area contributed by atoms with Crippen LogP contribution in [-0.2, 0) is 0 Å². The number of benzene rings is 8. The zero-order valence-electron chi connectivity index (χ0n) is 27.8. The predicted octanol–water partition coefficient (Wildman–Crippen LogP) is 14.6. The second-order valence-corrected chi connectivity index (χ2v) is 14.3. The van der Waals surface area contributed by atoms with E-state index >= 15 is 0 Å². The summed E-state index contributed by atoms with van der Waals surface area (Å²) in [4.78, 5) is 0. The van der Waals surface area contributed by atoms with Crippen LogP contribution in [0.4, 0.5) is 0 Å². The summed E-state index contributed by atoms with van der Waals surface area (Å²) in [6.07, 6.45) is 4.22. The Morgan fingerprint density at radius 2 is 1.08 bits per heavy atom. The van der Waals surface area contributed by atoms with E-state index in [1.165, 1.54) is 96.8 Å². The van der Waals surface area contributed by atoms with Crippen LogP contribution in [0.2, 0.25) is 0 Å². The summed E-state index contributed by atoms with van der Waals surface area (Å²) in [6.45, 7) is 4.10. The Morgan fingerprint density at radius 1 is 0.480 bits per heavy atom. The molecular weight excluding hydrogens is 625 g/mol. The number of furan rings is 1. The summed E-state index contributed by atoms with van der Waals surface area (Å²) in [5.41, 5.74) is 9.62. The molecule has 0 unspecified atom stereocenters. The van der Waals surface area contributed by atoms with Crippen LogP contribution < -0.4 is 0 Å². The molecule has 10 aromatic rings. The summed E-state index contributed by atoms with van der Waals surface area (Å²) in [6, 6.07) is 53.7. The van der Waals surface area contributed by atoms with E-state index in [0.717, 1.165) is 11.3 Å². The Kier molecular flexibility index (Phi) is 6.55. The van der Waals surface area contributed by atoms with Crippen molar-refractivity contribution in [3.05, 3.63) is 163 Å². The highest BCUT2D eigenvalue weighted by molar-refractivity contribution is 7.26. The van der Waals surface area contributed by atoms with E-state index in [4.69, 9.17) is 4.42 Å². The van der Waals surface area contributed by atoms with Crippen LogP contribution >= 0.6 is 11.3 Å². The maximum Gasteiger partial charge on any atom is 0.135 e. The van der Waals surface area contributed by atoms with Crippen molar-refractivity contribution in [2.75, 3.05) is 0 Å². The lowest BCUT2D eigenvalue weighted by molar-refractivity contribution is 0.578. The molecule has 50 heavy (non-hydrogen) atoms. The van der Waals surface area contributed by atoms with Crippen molar-refractivity contribution in [3.63, 3.8) is 0 Å². The highest BCUT2D eigenvalue weighted by Gasteiger charge is 2.17. The minimum Gasteiger partial charge on any atom is -0.461 e. The van der Waals surface area contributed by atoms with Gasteiger partial charge >= 0.3 is 0 Å². The van der Waals surface area contributed by atoms with Gasteiger partial charge in [0.2, 0.25) is 0 Å². The highest BCUT2D eigenvalue weighted by Crippen LogP contribution is 2.45. The normalized spacial score (nSPS) is 12.1. The van der Waals surface area contributed by atoms with Crippen molar-refractivity contribution >= 4 is 80.9 Å². The second-order valence-electron chi connectivity index (χ2n) is 13.2. The van der Waals surface area contributed by atoms with E-state index in [9.17, 15) is 0 Å². The molecule has 2 heterocycles. The molecule has 0 N–H and O–H groups in total. The average molecular weight is 657 g/mol. The molecule has 2 aromatic heterocycles. The fraction of sp³-hybridized carbons (Fsp3) is 0.0417. The van der Waals surface area contributed by atoms with Crippen LogP contribution in [0.5, 0.6) is 0 Å². The Balaban J connectivity index is 1.09. The fourth-order valence-corrected chi connectivity index (χ4v) is 9.23. The van der Waals surface area contributed by atoms with Gasteiger partial charge in [-0.1, -0.05) is 133 Å². The molecule has 0 spiro atoms. The second kappa shape index (κ2) is 11.3. The van der Waals surface area contributed by atoms with Crippen LogP contribution in [0.15, 0.2) is 156 Å². The van der Waals surface area contributed by atoms with Crippen molar-refractivity contribution < 1.29 is 4.42 Å². The van der Waals surface area contributed by atoms with Gasteiger partial charge in [-0.15, -0.1) is 11.3 Å². The summed E-state index contributed by atoms with van der Waals surface area (Å²) < 4.78 is 8.84. The molecule has 0 atom stereocenters. The molecule has 0 aliphatic heterocycles. The number of rotatable bonds is 4. The Labute approximate surface area is 294 Å². The van der Waals surface area contributed by atoms with E-state index in [-0.39, 0.29) is 0 Å². The highest BCUT2D eigenvalue weighted by atomic mass is 32.1. The van der Waals surface area contributed by atoms with E-state index in [2.05, 4.69) is 172 Å². The fourth-order valence-electron chi connectivity index (χ4n) is 8.07. The van der Waals surface area contributed by atoms with Crippen LogP contribution in [0, 0.1) is 6.92 Å². The standard InChI is InChI=1S/C48H32OS/c1-3-11-35-29(2)49-43-28-41-34(26-42(35)43)23-25-44-48(41)40-24-22-33(27-45(40)50-44)30-18-20-32(21-19-30)47-38-16-9-7-14-36(38)46(31-12-5-4-6-13-31)37-15-8-10-17-39(37)47/h3-28H,1-2H3/b11-3-. The van der Waals surface area contributed by atoms with Gasteiger partial charge in [0.05, 0.1) is 0 Å². The largest absolute Gasteiger partial charge is 0.461 e. The molecule has 0 fully saturated rings. The van der Waals surface area contributed by atoms with Crippen molar-refractivity contribution in [2.45, 2.75) is 13.8 Å². The average Bonchev–Trinajstić information content (AvgIpc) is 3.69. The Bertz CT molecular complexity index is 2920. The Morgan fingerprint density at radius 3 is 1.74 bits per heavy atom. The van der Waals surface area contributed by atoms with Crippen LogP contribution in [0.3, 0.4) is 0 Å². The molecule has 2 heteroatoms. The van der Waals surface area contributed by atoms with Gasteiger partial charge in [0.25, 0.3) is 0 Å². The van der Waals surface area contributed by atoms with Crippen molar-refractivity contribution in [2.24, 2.45) is 0 Å². The number of fused-ring (bicyclic) bond motifs is 8. The molecule has 0 aliphatic rings. The predicted molar refractivity (Wildman–Crippen MR) is 217 cm³/mol. The first kappa shape index (κ1) is 29.0. The third kappa shape index (κ3) is 4.39. The smallest absolute Gasteiger partial charge is 0.135 e. The van der Waals surface area contributed by atoms with Crippen LogP contribution in [-0.4, -0.2) is 0 Å². The van der Waals surface area contributed by atoms with Crippen LogP contribution in [0.25, 0.3) is 103 Å². The van der Waals surface area contributed by atoms with Crippen molar-refractivity contribution in [1.82, 2.24) is 0 Å². The number of hydrogen-bond acceptors (Lipinski definition) is 2. The van der Waals surface area contributed by atoms with Gasteiger partial charge in [-0.25, -0.2) is 0 Å². The zero-order valence-corrected chi connectivity index (χ0v) is 28.6. The van der Waals surface area contributed by atoms with Crippen molar-refractivity contribution in [3.8, 4) is 33.4 Å².